The van der Waals surface area contributed by atoms with Gasteiger partial charge in [0, 0.05) is 20.6 Å². The molecule has 1 atom stereocenters. The smallest absolute Gasteiger partial charge is 0.258 e. The second kappa shape index (κ2) is 5.74. The van der Waals surface area contributed by atoms with Crippen LogP contribution in [0.2, 0.25) is 5.15 Å². The van der Waals surface area contributed by atoms with Gasteiger partial charge >= 0.3 is 0 Å². The van der Waals surface area contributed by atoms with Crippen LogP contribution in [-0.4, -0.2) is 45.4 Å². The fourth-order valence-corrected chi connectivity index (χ4v) is 2.52. The van der Waals surface area contributed by atoms with Crippen molar-refractivity contribution in [3.63, 3.8) is 0 Å². The third kappa shape index (κ3) is 2.99. The maximum Gasteiger partial charge on any atom is 0.258 e. The van der Waals surface area contributed by atoms with Gasteiger partial charge < -0.3 is 10.0 Å². The fraction of sp³-hybridized carbons (Fsp3) is 0.714. The molecular weight excluding hydrogens is 278 g/mol. The lowest BCUT2D eigenvalue weighted by Crippen LogP contribution is -2.35. The molecule has 0 aromatic carbocycles. The van der Waals surface area contributed by atoms with Crippen LogP contribution >= 0.6 is 11.6 Å². The van der Waals surface area contributed by atoms with Crippen LogP contribution in [0.4, 0.5) is 0 Å². The maximum absolute atomic E-state index is 12.6. The van der Waals surface area contributed by atoms with Gasteiger partial charge in [-0.25, -0.2) is 0 Å². The van der Waals surface area contributed by atoms with Crippen molar-refractivity contribution in [2.24, 2.45) is 13.0 Å². The molecule has 2 rings (SSSR count). The van der Waals surface area contributed by atoms with Crippen molar-refractivity contribution in [2.45, 2.75) is 38.7 Å². The molecule has 1 aliphatic carbocycles. The molecule has 1 heterocycles. The Kier molecular flexibility index (Phi) is 4.39. The molecular formula is C14H22ClN3O2. The number of aliphatic hydroxyl groups is 1. The molecule has 1 aromatic heterocycles. The van der Waals surface area contributed by atoms with Crippen molar-refractivity contribution >= 4 is 17.5 Å². The molecule has 6 heteroatoms. The van der Waals surface area contributed by atoms with Gasteiger partial charge in [0.15, 0.2) is 0 Å². The quantitative estimate of drug-likeness (QED) is 0.905. The zero-order valence-corrected chi connectivity index (χ0v) is 13.2. The maximum atomic E-state index is 12.6. The number of aliphatic hydroxyl groups excluding tert-OH is 1. The van der Waals surface area contributed by atoms with Gasteiger partial charge in [0.1, 0.15) is 5.15 Å². The largest absolute Gasteiger partial charge is 0.391 e. The number of nitrogens with zero attached hydrogens (tertiary/aromatic N) is 3. The number of aromatic nitrogens is 2. The van der Waals surface area contributed by atoms with E-state index in [1.807, 2.05) is 13.8 Å². The average Bonchev–Trinajstić information content (AvgIpc) is 3.17. The molecule has 0 aliphatic heterocycles. The molecule has 1 fully saturated rings. The van der Waals surface area contributed by atoms with E-state index in [0.29, 0.717) is 28.9 Å². The molecule has 112 valence electrons. The first-order valence-corrected chi connectivity index (χ1v) is 7.36. The number of amides is 1. The lowest BCUT2D eigenvalue weighted by Gasteiger charge is -2.21. The SMILES string of the molecule is CC(C)c1nn(C)c(Cl)c1C(=O)N(C)CC(O)C1CC1. The highest BCUT2D eigenvalue weighted by molar-refractivity contribution is 6.33. The van der Waals surface area contributed by atoms with Crippen LogP contribution in [0.15, 0.2) is 0 Å². The van der Waals surface area contributed by atoms with Crippen molar-refractivity contribution in [3.8, 4) is 0 Å². The van der Waals surface area contributed by atoms with E-state index in [0.717, 1.165) is 12.8 Å². The first kappa shape index (κ1) is 15.3. The summed E-state index contributed by atoms with van der Waals surface area (Å²) in [4.78, 5) is 14.1. The zero-order chi connectivity index (χ0) is 15.0. The van der Waals surface area contributed by atoms with Gasteiger partial charge in [-0.05, 0) is 24.7 Å². The van der Waals surface area contributed by atoms with E-state index in [-0.39, 0.29) is 11.8 Å². The first-order chi connectivity index (χ1) is 9.32. The number of hydrogen-bond donors (Lipinski definition) is 1. The number of carbonyl (C=O) groups is 1. The zero-order valence-electron chi connectivity index (χ0n) is 12.4. The Hall–Kier alpha value is -1.07. The molecule has 0 radical (unpaired) electrons. The molecule has 1 unspecified atom stereocenters. The molecule has 1 aromatic rings. The Morgan fingerprint density at radius 2 is 2.15 bits per heavy atom. The number of hydrogen-bond acceptors (Lipinski definition) is 3. The van der Waals surface area contributed by atoms with Crippen LogP contribution in [-0.2, 0) is 7.05 Å². The van der Waals surface area contributed by atoms with Crippen molar-refractivity contribution in [3.05, 3.63) is 16.4 Å². The summed E-state index contributed by atoms with van der Waals surface area (Å²) in [6, 6.07) is 0. The Bertz CT molecular complexity index is 509. The molecule has 1 saturated carbocycles. The number of aryl methyl sites for hydroxylation is 1. The Morgan fingerprint density at radius 3 is 2.65 bits per heavy atom. The van der Waals surface area contributed by atoms with Gasteiger partial charge in [0.25, 0.3) is 5.91 Å². The van der Waals surface area contributed by atoms with E-state index in [1.165, 1.54) is 9.58 Å². The average molecular weight is 300 g/mol. The Balaban J connectivity index is 2.19. The normalized spacial score (nSPS) is 16.6. The van der Waals surface area contributed by atoms with E-state index in [2.05, 4.69) is 5.10 Å². The highest BCUT2D eigenvalue weighted by Crippen LogP contribution is 2.33. The van der Waals surface area contributed by atoms with Crippen LogP contribution in [0.3, 0.4) is 0 Å². The van der Waals surface area contributed by atoms with Gasteiger partial charge in [0.2, 0.25) is 0 Å². The van der Waals surface area contributed by atoms with Crippen molar-refractivity contribution in [2.75, 3.05) is 13.6 Å². The van der Waals surface area contributed by atoms with Gasteiger partial charge in [-0.15, -0.1) is 0 Å². The second-order valence-corrected chi connectivity index (χ2v) is 6.28. The van der Waals surface area contributed by atoms with E-state index < -0.39 is 6.10 Å². The van der Waals surface area contributed by atoms with Crippen molar-refractivity contribution in [1.29, 1.82) is 0 Å². The summed E-state index contributed by atoms with van der Waals surface area (Å²) in [5.74, 6) is 0.292. The van der Waals surface area contributed by atoms with Crippen LogP contribution in [0.25, 0.3) is 0 Å². The summed E-state index contributed by atoms with van der Waals surface area (Å²) in [5.41, 5.74) is 1.16. The summed E-state index contributed by atoms with van der Waals surface area (Å²) in [5, 5.41) is 14.6. The predicted molar refractivity (Wildman–Crippen MR) is 78.0 cm³/mol. The molecule has 1 amide bonds. The minimum absolute atomic E-state index is 0.120. The highest BCUT2D eigenvalue weighted by Gasteiger charge is 2.32. The molecule has 5 nitrogen and oxygen atoms in total. The Morgan fingerprint density at radius 1 is 1.55 bits per heavy atom. The molecule has 0 spiro atoms. The lowest BCUT2D eigenvalue weighted by atomic mass is 10.1. The van der Waals surface area contributed by atoms with E-state index in [9.17, 15) is 9.90 Å². The number of likely N-dealkylation sites (N-methyl/N-ethyl adjacent to an activating group) is 1. The highest BCUT2D eigenvalue weighted by atomic mass is 35.5. The number of halogens is 1. The molecule has 1 N–H and O–H groups in total. The number of carbonyl (C=O) groups excluding carboxylic acids is 1. The molecule has 1 aliphatic rings. The van der Waals surface area contributed by atoms with Gasteiger partial charge in [-0.1, -0.05) is 25.4 Å². The van der Waals surface area contributed by atoms with Crippen molar-refractivity contribution in [1.82, 2.24) is 14.7 Å². The monoisotopic (exact) mass is 299 g/mol. The molecule has 0 saturated heterocycles. The van der Waals surface area contributed by atoms with E-state index in [4.69, 9.17) is 11.6 Å². The van der Waals surface area contributed by atoms with Crippen LogP contribution < -0.4 is 0 Å². The topological polar surface area (TPSA) is 58.4 Å². The Labute approximate surface area is 124 Å². The van der Waals surface area contributed by atoms with Crippen LogP contribution in [0.1, 0.15) is 48.7 Å². The molecule has 0 bridgehead atoms. The summed E-state index contributed by atoms with van der Waals surface area (Å²) in [6.45, 7) is 4.30. The molecule has 20 heavy (non-hydrogen) atoms. The predicted octanol–water partition coefficient (Wildman–Crippen LogP) is 2.04. The van der Waals surface area contributed by atoms with Crippen molar-refractivity contribution < 1.29 is 9.90 Å². The van der Waals surface area contributed by atoms with Gasteiger partial charge in [0.05, 0.1) is 17.4 Å². The van der Waals surface area contributed by atoms with E-state index >= 15 is 0 Å². The van der Waals surface area contributed by atoms with Crippen LogP contribution in [0.5, 0.6) is 0 Å². The minimum atomic E-state index is -0.443. The van der Waals surface area contributed by atoms with Gasteiger partial charge in [-0.2, -0.15) is 5.10 Å². The first-order valence-electron chi connectivity index (χ1n) is 6.98. The third-order valence-electron chi connectivity index (χ3n) is 3.74. The second-order valence-electron chi connectivity index (χ2n) is 5.92. The summed E-state index contributed by atoms with van der Waals surface area (Å²) in [7, 11) is 3.42. The number of rotatable bonds is 5. The summed E-state index contributed by atoms with van der Waals surface area (Å²) >= 11 is 6.20. The van der Waals surface area contributed by atoms with E-state index in [1.54, 1.807) is 14.1 Å². The summed E-state index contributed by atoms with van der Waals surface area (Å²) in [6.07, 6.45) is 1.66. The standard InChI is InChI=1S/C14H22ClN3O2/c1-8(2)12-11(13(15)18(4)16-12)14(20)17(3)7-10(19)9-5-6-9/h8-10,19H,5-7H2,1-4H3. The van der Waals surface area contributed by atoms with Crippen LogP contribution in [0, 0.1) is 5.92 Å². The summed E-state index contributed by atoms with van der Waals surface area (Å²) < 4.78 is 1.52. The minimum Gasteiger partial charge on any atom is -0.391 e. The van der Waals surface area contributed by atoms with Gasteiger partial charge in [-0.3, -0.25) is 9.48 Å². The fourth-order valence-electron chi connectivity index (χ4n) is 2.31. The lowest BCUT2D eigenvalue weighted by molar-refractivity contribution is 0.0644. The third-order valence-corrected chi connectivity index (χ3v) is 4.17.